The van der Waals surface area contributed by atoms with Crippen LogP contribution in [0.5, 0.6) is 5.75 Å². The molecule has 1 spiro atoms. The molecule has 1 amide bonds. The maximum Gasteiger partial charge on any atom is 0.260 e. The van der Waals surface area contributed by atoms with Crippen LogP contribution in [0.3, 0.4) is 0 Å². The molecule has 1 aliphatic carbocycles. The van der Waals surface area contributed by atoms with Crippen molar-refractivity contribution in [2.45, 2.75) is 39.2 Å². The van der Waals surface area contributed by atoms with Gasteiger partial charge in [0.25, 0.3) is 11.5 Å². The number of likely N-dealkylation sites (tertiary alicyclic amines) is 2. The van der Waals surface area contributed by atoms with Crippen molar-refractivity contribution in [1.82, 2.24) is 14.4 Å². The molecule has 2 saturated heterocycles. The van der Waals surface area contributed by atoms with E-state index >= 15 is 0 Å². The molecule has 3 fully saturated rings. The Labute approximate surface area is 201 Å². The smallest absolute Gasteiger partial charge is 0.260 e. The fourth-order valence-corrected chi connectivity index (χ4v) is 4.86. The third kappa shape index (κ3) is 5.20. The van der Waals surface area contributed by atoms with Crippen molar-refractivity contribution >= 4 is 5.91 Å². The fraction of sp³-hybridized carbons (Fsp3) is 0.500. The second kappa shape index (κ2) is 9.31. The van der Waals surface area contributed by atoms with Gasteiger partial charge < -0.3 is 19.1 Å². The van der Waals surface area contributed by atoms with Gasteiger partial charge in [-0.1, -0.05) is 24.0 Å². The third-order valence-corrected chi connectivity index (χ3v) is 7.42. The summed E-state index contributed by atoms with van der Waals surface area (Å²) in [6.45, 7) is 6.22. The Bertz CT molecular complexity index is 1170. The van der Waals surface area contributed by atoms with E-state index in [1.54, 1.807) is 4.57 Å². The number of carbonyl (C=O) groups is 1. The van der Waals surface area contributed by atoms with Crippen molar-refractivity contribution in [3.05, 3.63) is 63.6 Å². The van der Waals surface area contributed by atoms with E-state index in [4.69, 9.17) is 4.74 Å². The number of aryl methyl sites for hydroxylation is 1. The van der Waals surface area contributed by atoms with E-state index in [1.807, 2.05) is 42.2 Å². The SMILES string of the molecule is Cc1cc(OCC(=O)N2CC3(CCN(C)CC3)C2)cc(=O)n1Cc1ccc(C#CC2CC2)cc1. The van der Waals surface area contributed by atoms with Crippen molar-refractivity contribution < 1.29 is 9.53 Å². The highest BCUT2D eigenvalue weighted by Crippen LogP contribution is 2.40. The summed E-state index contributed by atoms with van der Waals surface area (Å²) in [5.41, 5.74) is 3.04. The summed E-state index contributed by atoms with van der Waals surface area (Å²) in [4.78, 5) is 29.6. The number of rotatable bonds is 5. The average Bonchev–Trinajstić information content (AvgIpc) is 3.63. The van der Waals surface area contributed by atoms with Crippen molar-refractivity contribution in [3.63, 3.8) is 0 Å². The second-order valence-corrected chi connectivity index (χ2v) is 10.3. The number of pyridine rings is 1. The first kappa shape index (κ1) is 22.7. The standard InChI is InChI=1S/C28H33N3O3/c1-21-15-25(34-18-27(33)30-19-28(20-30)11-13-29(2)14-12-28)16-26(32)31(21)17-24-9-7-23(8-10-24)6-5-22-3-4-22/h7-10,15-16,22H,3-4,11-14,17-20H2,1-2H3. The van der Waals surface area contributed by atoms with Crippen molar-refractivity contribution in [3.8, 4) is 17.6 Å². The number of nitrogens with zero attached hydrogens (tertiary/aromatic N) is 3. The van der Waals surface area contributed by atoms with Gasteiger partial charge >= 0.3 is 0 Å². The molecule has 3 heterocycles. The Morgan fingerprint density at radius 2 is 1.82 bits per heavy atom. The molecule has 2 aliphatic heterocycles. The largest absolute Gasteiger partial charge is 0.484 e. The molecule has 0 unspecified atom stereocenters. The lowest BCUT2D eigenvalue weighted by atomic mass is 9.72. The van der Waals surface area contributed by atoms with Gasteiger partial charge in [-0.2, -0.15) is 0 Å². The normalized spacial score (nSPS) is 19.3. The van der Waals surface area contributed by atoms with Gasteiger partial charge in [0, 0.05) is 41.7 Å². The quantitative estimate of drug-likeness (QED) is 0.646. The topological polar surface area (TPSA) is 54.8 Å². The molecule has 34 heavy (non-hydrogen) atoms. The molecule has 3 aliphatic rings. The zero-order valence-electron chi connectivity index (χ0n) is 20.2. The van der Waals surface area contributed by atoms with E-state index in [0.29, 0.717) is 23.6 Å². The first-order valence-electron chi connectivity index (χ1n) is 12.3. The maximum atomic E-state index is 12.8. The zero-order chi connectivity index (χ0) is 23.7. The molecule has 0 bridgehead atoms. The van der Waals surface area contributed by atoms with E-state index < -0.39 is 0 Å². The van der Waals surface area contributed by atoms with Gasteiger partial charge in [0.1, 0.15) is 5.75 Å². The van der Waals surface area contributed by atoms with Crippen LogP contribution in [0.1, 0.15) is 42.5 Å². The van der Waals surface area contributed by atoms with Crippen LogP contribution in [-0.4, -0.2) is 60.1 Å². The zero-order valence-corrected chi connectivity index (χ0v) is 20.2. The van der Waals surface area contributed by atoms with Crippen LogP contribution in [0.15, 0.2) is 41.2 Å². The average molecular weight is 460 g/mol. The van der Waals surface area contributed by atoms with Gasteiger partial charge in [0.05, 0.1) is 6.54 Å². The van der Waals surface area contributed by atoms with E-state index in [0.717, 1.165) is 55.8 Å². The van der Waals surface area contributed by atoms with Crippen molar-refractivity contribution in [2.24, 2.45) is 11.3 Å². The Kier molecular flexibility index (Phi) is 6.22. The van der Waals surface area contributed by atoms with Crippen LogP contribution < -0.4 is 10.3 Å². The minimum Gasteiger partial charge on any atom is -0.484 e. The van der Waals surface area contributed by atoms with Crippen LogP contribution in [0.25, 0.3) is 0 Å². The molecule has 6 heteroatoms. The molecule has 0 atom stereocenters. The molecule has 178 valence electrons. The Morgan fingerprint density at radius 3 is 2.47 bits per heavy atom. The van der Waals surface area contributed by atoms with Crippen LogP contribution in [0.2, 0.25) is 0 Å². The lowest BCUT2D eigenvalue weighted by Crippen LogP contribution is -2.62. The van der Waals surface area contributed by atoms with Gasteiger partial charge in [-0.15, -0.1) is 0 Å². The van der Waals surface area contributed by atoms with E-state index in [-0.39, 0.29) is 18.1 Å². The molecular formula is C28H33N3O3. The maximum absolute atomic E-state index is 12.8. The highest BCUT2D eigenvalue weighted by Gasteiger charge is 2.46. The van der Waals surface area contributed by atoms with Gasteiger partial charge in [0.2, 0.25) is 0 Å². The molecular weight excluding hydrogens is 426 g/mol. The molecule has 1 aromatic carbocycles. The minimum atomic E-state index is -0.130. The summed E-state index contributed by atoms with van der Waals surface area (Å²) in [6.07, 6.45) is 4.75. The summed E-state index contributed by atoms with van der Waals surface area (Å²) in [6, 6.07) is 11.4. The third-order valence-electron chi connectivity index (χ3n) is 7.42. The first-order valence-corrected chi connectivity index (χ1v) is 12.3. The fourth-order valence-electron chi connectivity index (χ4n) is 4.86. The number of piperidine rings is 1. The molecule has 1 saturated carbocycles. The lowest BCUT2D eigenvalue weighted by molar-refractivity contribution is -0.148. The molecule has 0 radical (unpaired) electrons. The molecule has 5 rings (SSSR count). The number of aromatic nitrogens is 1. The molecule has 0 N–H and O–H groups in total. The highest BCUT2D eigenvalue weighted by atomic mass is 16.5. The van der Waals surface area contributed by atoms with Gasteiger partial charge in [0.15, 0.2) is 6.61 Å². The van der Waals surface area contributed by atoms with Crippen molar-refractivity contribution in [1.29, 1.82) is 0 Å². The molecule has 2 aromatic rings. The second-order valence-electron chi connectivity index (χ2n) is 10.3. The van der Waals surface area contributed by atoms with Crippen LogP contribution in [0, 0.1) is 30.1 Å². The summed E-state index contributed by atoms with van der Waals surface area (Å²) in [5.74, 6) is 7.52. The number of hydrogen-bond donors (Lipinski definition) is 0. The monoisotopic (exact) mass is 459 g/mol. The number of benzene rings is 1. The first-order chi connectivity index (χ1) is 16.4. The Hall–Kier alpha value is -3.04. The van der Waals surface area contributed by atoms with E-state index in [2.05, 4.69) is 23.8 Å². The highest BCUT2D eigenvalue weighted by molar-refractivity contribution is 5.78. The summed E-state index contributed by atoms with van der Waals surface area (Å²) >= 11 is 0. The van der Waals surface area contributed by atoms with E-state index in [1.165, 1.54) is 18.9 Å². The van der Waals surface area contributed by atoms with Crippen molar-refractivity contribution in [2.75, 3.05) is 39.8 Å². The molecule has 6 nitrogen and oxygen atoms in total. The minimum absolute atomic E-state index is 0.00346. The lowest BCUT2D eigenvalue weighted by Gasteiger charge is -2.53. The number of carbonyl (C=O) groups excluding carboxylic acids is 1. The number of ether oxygens (including phenoxy) is 1. The van der Waals surface area contributed by atoms with Crippen LogP contribution in [-0.2, 0) is 11.3 Å². The summed E-state index contributed by atoms with van der Waals surface area (Å²) in [7, 11) is 2.15. The van der Waals surface area contributed by atoms with Gasteiger partial charge in [-0.25, -0.2) is 0 Å². The predicted molar refractivity (Wildman–Crippen MR) is 132 cm³/mol. The predicted octanol–water partition coefficient (Wildman–Crippen LogP) is 2.90. The summed E-state index contributed by atoms with van der Waals surface area (Å²) in [5, 5.41) is 0. The number of amides is 1. The van der Waals surface area contributed by atoms with E-state index in [9.17, 15) is 9.59 Å². The van der Waals surface area contributed by atoms with Gasteiger partial charge in [-0.05, 0) is 76.5 Å². The van der Waals surface area contributed by atoms with Crippen LogP contribution in [0.4, 0.5) is 0 Å². The van der Waals surface area contributed by atoms with Gasteiger partial charge in [-0.3, -0.25) is 9.59 Å². The van der Waals surface area contributed by atoms with Crippen LogP contribution >= 0.6 is 0 Å². The Morgan fingerprint density at radius 1 is 1.12 bits per heavy atom. The molecule has 1 aromatic heterocycles. The number of hydrogen-bond acceptors (Lipinski definition) is 4. The summed E-state index contributed by atoms with van der Waals surface area (Å²) < 4.78 is 7.44. The Balaban J connectivity index is 1.15.